The largest absolute Gasteiger partial charge is 0.490 e. The van der Waals surface area contributed by atoms with E-state index in [1.807, 2.05) is 58.0 Å². The van der Waals surface area contributed by atoms with Crippen molar-refractivity contribution in [2.75, 3.05) is 39.5 Å². The van der Waals surface area contributed by atoms with E-state index in [4.69, 9.17) is 19.2 Å². The van der Waals surface area contributed by atoms with Crippen LogP contribution in [-0.4, -0.2) is 72.3 Å². The summed E-state index contributed by atoms with van der Waals surface area (Å²) in [5, 5.41) is 0.573. The lowest BCUT2D eigenvalue weighted by Gasteiger charge is -2.26. The molecule has 8 nitrogen and oxygen atoms in total. The molecule has 2 aliphatic heterocycles. The monoisotopic (exact) mass is 601 g/mol. The number of amides is 2. The van der Waals surface area contributed by atoms with Crippen molar-refractivity contribution in [3.63, 3.8) is 0 Å². The summed E-state index contributed by atoms with van der Waals surface area (Å²) in [7, 11) is 0. The van der Waals surface area contributed by atoms with Gasteiger partial charge in [-0.2, -0.15) is 0 Å². The fourth-order valence-electron chi connectivity index (χ4n) is 4.07. The molecule has 38 heavy (non-hydrogen) atoms. The van der Waals surface area contributed by atoms with Crippen LogP contribution in [0.2, 0.25) is 0 Å². The second-order valence-corrected chi connectivity index (χ2v) is 10.8. The van der Waals surface area contributed by atoms with Crippen LogP contribution in [0.5, 0.6) is 11.5 Å². The lowest BCUT2D eigenvalue weighted by Crippen LogP contribution is -2.40. The third-order valence-electron chi connectivity index (χ3n) is 5.80. The summed E-state index contributed by atoms with van der Waals surface area (Å²) in [6, 6.07) is 11.0. The average molecular weight is 603 g/mol. The zero-order chi connectivity index (χ0) is 27.2. The number of benzene rings is 2. The Kier molecular flexibility index (Phi) is 9.51. The Morgan fingerprint density at radius 3 is 2.66 bits per heavy atom. The molecule has 0 radical (unpaired) electrons. The smallest absolute Gasteiger partial charge is 0.266 e. The molecular weight excluding hydrogens is 570 g/mol. The van der Waals surface area contributed by atoms with E-state index in [9.17, 15) is 9.59 Å². The maximum Gasteiger partial charge on any atom is 0.266 e. The van der Waals surface area contributed by atoms with Gasteiger partial charge in [0.25, 0.3) is 11.8 Å². The number of halogens is 1. The second kappa shape index (κ2) is 12.8. The topological polar surface area (TPSA) is 80.7 Å². The van der Waals surface area contributed by atoms with Crippen molar-refractivity contribution in [3.05, 3.63) is 56.9 Å². The summed E-state index contributed by atoms with van der Waals surface area (Å²) < 4.78 is 17.9. The van der Waals surface area contributed by atoms with Crippen LogP contribution in [0, 0.1) is 0 Å². The van der Waals surface area contributed by atoms with E-state index in [1.165, 1.54) is 11.8 Å². The van der Waals surface area contributed by atoms with Crippen LogP contribution < -0.4 is 9.47 Å². The van der Waals surface area contributed by atoms with Gasteiger partial charge in [-0.3, -0.25) is 14.5 Å². The van der Waals surface area contributed by atoms with Gasteiger partial charge in [0.2, 0.25) is 0 Å². The van der Waals surface area contributed by atoms with Crippen molar-refractivity contribution in [2.24, 2.45) is 4.99 Å². The molecule has 4 rings (SSSR count). The molecule has 0 unspecified atom stereocenters. The number of carbonyl (C=O) groups is 2. The third-order valence-corrected chi connectivity index (χ3v) is 7.40. The summed E-state index contributed by atoms with van der Waals surface area (Å²) in [4.78, 5) is 34.9. The molecule has 0 atom stereocenters. The Balaban J connectivity index is 1.61. The number of hydrogen-bond acceptors (Lipinski definition) is 7. The molecule has 0 saturated carbocycles. The Morgan fingerprint density at radius 1 is 1.21 bits per heavy atom. The molecule has 2 fully saturated rings. The zero-order valence-corrected chi connectivity index (χ0v) is 24.4. The van der Waals surface area contributed by atoms with E-state index in [0.29, 0.717) is 72.3 Å². The number of ether oxygens (including phenoxy) is 3. The van der Waals surface area contributed by atoms with E-state index in [0.717, 1.165) is 10.0 Å². The lowest BCUT2D eigenvalue weighted by molar-refractivity contribution is -0.122. The number of thioether (sulfide) groups is 1. The number of carbonyl (C=O) groups excluding carboxylic acids is 2. The summed E-state index contributed by atoms with van der Waals surface area (Å²) in [6.45, 7) is 11.0. The highest BCUT2D eigenvalue weighted by molar-refractivity contribution is 9.10. The van der Waals surface area contributed by atoms with Crippen molar-refractivity contribution in [2.45, 2.75) is 33.8 Å². The highest BCUT2D eigenvalue weighted by Crippen LogP contribution is 2.40. The SMILES string of the molecule is CCOc1cc(/C=C2/SC(=Nc3cccc(C(=O)N4CCOCC4)c3)N(CC)C2=O)cc(Br)c1OC(C)C. The average Bonchev–Trinajstić information content (AvgIpc) is 3.19. The van der Waals surface area contributed by atoms with Crippen LogP contribution >= 0.6 is 27.7 Å². The van der Waals surface area contributed by atoms with Crippen molar-refractivity contribution in [3.8, 4) is 11.5 Å². The highest BCUT2D eigenvalue weighted by Gasteiger charge is 2.32. The van der Waals surface area contributed by atoms with Crippen LogP contribution in [0.3, 0.4) is 0 Å². The van der Waals surface area contributed by atoms with Crippen LogP contribution in [0.4, 0.5) is 5.69 Å². The molecule has 0 aromatic heterocycles. The number of aliphatic imine (C=N–C) groups is 1. The summed E-state index contributed by atoms with van der Waals surface area (Å²) in [5.74, 6) is 1.09. The van der Waals surface area contributed by atoms with Gasteiger partial charge in [-0.15, -0.1) is 0 Å². The van der Waals surface area contributed by atoms with E-state index in [2.05, 4.69) is 15.9 Å². The molecule has 2 saturated heterocycles. The van der Waals surface area contributed by atoms with E-state index in [-0.39, 0.29) is 17.9 Å². The Bertz CT molecular complexity index is 1260. The van der Waals surface area contributed by atoms with Crippen LogP contribution in [0.25, 0.3) is 6.08 Å². The standard InChI is InChI=1S/C28H32BrN3O5S/c1-5-32-27(34)24(16-19-14-22(29)25(37-18(3)4)23(15-19)36-6-2)38-28(32)30-21-9-7-8-20(17-21)26(33)31-10-12-35-13-11-31/h7-9,14-18H,5-6,10-13H2,1-4H3/b24-16+,30-28?. The predicted octanol–water partition coefficient (Wildman–Crippen LogP) is 5.73. The van der Waals surface area contributed by atoms with Gasteiger partial charge in [0.1, 0.15) is 0 Å². The normalized spacial score (nSPS) is 18.1. The first kappa shape index (κ1) is 28.2. The minimum absolute atomic E-state index is 0.0128. The van der Waals surface area contributed by atoms with Gasteiger partial charge >= 0.3 is 0 Å². The Hall–Kier alpha value is -2.82. The number of morpholine rings is 1. The zero-order valence-electron chi connectivity index (χ0n) is 22.0. The van der Waals surface area contributed by atoms with Crippen LogP contribution in [-0.2, 0) is 9.53 Å². The second-order valence-electron chi connectivity index (χ2n) is 8.94. The van der Waals surface area contributed by atoms with Gasteiger partial charge in [-0.05, 0) is 97.4 Å². The maximum absolute atomic E-state index is 13.2. The third kappa shape index (κ3) is 6.59. The molecule has 0 aliphatic carbocycles. The molecule has 0 spiro atoms. The quantitative estimate of drug-likeness (QED) is 0.359. The fraction of sp³-hybridized carbons (Fsp3) is 0.393. The fourth-order valence-corrected chi connectivity index (χ4v) is 5.69. The summed E-state index contributed by atoms with van der Waals surface area (Å²) in [5.41, 5.74) is 2.00. The molecule has 10 heteroatoms. The van der Waals surface area contributed by atoms with Crippen LogP contribution in [0.15, 0.2) is 50.8 Å². The van der Waals surface area contributed by atoms with Gasteiger partial charge < -0.3 is 19.1 Å². The Morgan fingerprint density at radius 2 is 1.97 bits per heavy atom. The summed E-state index contributed by atoms with van der Waals surface area (Å²) >= 11 is 4.90. The van der Waals surface area contributed by atoms with Crippen molar-refractivity contribution in [1.82, 2.24) is 9.80 Å². The van der Waals surface area contributed by atoms with Crippen molar-refractivity contribution >= 4 is 56.4 Å². The molecule has 0 bridgehead atoms. The van der Waals surface area contributed by atoms with E-state index in [1.54, 1.807) is 21.9 Å². The number of nitrogens with zero attached hydrogens (tertiary/aromatic N) is 3. The number of rotatable bonds is 8. The highest BCUT2D eigenvalue weighted by atomic mass is 79.9. The summed E-state index contributed by atoms with van der Waals surface area (Å²) in [6.07, 6.45) is 1.82. The molecule has 2 aromatic rings. The molecular formula is C28H32BrN3O5S. The molecule has 2 aliphatic rings. The van der Waals surface area contributed by atoms with Crippen molar-refractivity contribution in [1.29, 1.82) is 0 Å². The van der Waals surface area contributed by atoms with E-state index < -0.39 is 0 Å². The minimum atomic E-state index is -0.117. The van der Waals surface area contributed by atoms with Crippen LogP contribution in [0.1, 0.15) is 43.6 Å². The number of hydrogen-bond donors (Lipinski definition) is 0. The number of likely N-dealkylation sites (N-methyl/N-ethyl adjacent to an activating group) is 1. The van der Waals surface area contributed by atoms with Gasteiger partial charge in [0.15, 0.2) is 16.7 Å². The number of amidine groups is 1. The molecule has 0 N–H and O–H groups in total. The first-order valence-corrected chi connectivity index (χ1v) is 14.3. The first-order chi connectivity index (χ1) is 18.3. The Labute approximate surface area is 236 Å². The van der Waals surface area contributed by atoms with Gasteiger partial charge in [0, 0.05) is 25.2 Å². The maximum atomic E-state index is 13.2. The predicted molar refractivity (Wildman–Crippen MR) is 154 cm³/mol. The molecule has 2 amide bonds. The van der Waals surface area contributed by atoms with Gasteiger partial charge in [-0.1, -0.05) is 6.07 Å². The molecule has 2 heterocycles. The lowest BCUT2D eigenvalue weighted by atomic mass is 10.1. The van der Waals surface area contributed by atoms with Crippen molar-refractivity contribution < 1.29 is 23.8 Å². The first-order valence-electron chi connectivity index (χ1n) is 12.7. The van der Waals surface area contributed by atoms with Gasteiger partial charge in [0.05, 0.1) is 41.0 Å². The minimum Gasteiger partial charge on any atom is -0.490 e. The molecule has 202 valence electrons. The van der Waals surface area contributed by atoms with Gasteiger partial charge in [-0.25, -0.2) is 4.99 Å². The molecule has 2 aromatic carbocycles. The van der Waals surface area contributed by atoms with E-state index >= 15 is 0 Å².